The average molecular weight is 185 g/mol. The molecule has 2 heteroatoms. The van der Waals surface area contributed by atoms with Crippen molar-refractivity contribution in [3.05, 3.63) is 12.2 Å². The quantitative estimate of drug-likeness (QED) is 0.440. The summed E-state index contributed by atoms with van der Waals surface area (Å²) in [6.45, 7) is 11.8. The van der Waals surface area contributed by atoms with Crippen LogP contribution in [0.25, 0.3) is 0 Å². The van der Waals surface area contributed by atoms with E-state index >= 15 is 0 Å². The Balaban J connectivity index is 2.95. The summed E-state index contributed by atoms with van der Waals surface area (Å²) in [4.78, 5) is 0. The molecule has 0 radical (unpaired) electrons. The fourth-order valence-corrected chi connectivity index (χ4v) is 0.883. The normalized spacial score (nSPS) is 10.3. The van der Waals surface area contributed by atoms with Crippen molar-refractivity contribution in [2.75, 3.05) is 26.3 Å². The van der Waals surface area contributed by atoms with Gasteiger partial charge in [-0.05, 0) is 12.8 Å². The van der Waals surface area contributed by atoms with Crippen LogP contribution in [-0.2, 0) is 4.74 Å². The number of ether oxygens (including phenoxy) is 1. The molecule has 0 rings (SSSR count). The molecule has 78 valence electrons. The SMILES string of the molecule is C=C(CC)CNCCOCCCC. The fourth-order valence-electron chi connectivity index (χ4n) is 0.883. The van der Waals surface area contributed by atoms with E-state index in [-0.39, 0.29) is 0 Å². The van der Waals surface area contributed by atoms with Gasteiger partial charge in [-0.2, -0.15) is 0 Å². The highest BCUT2D eigenvalue weighted by atomic mass is 16.5. The number of hydrogen-bond donors (Lipinski definition) is 1. The van der Waals surface area contributed by atoms with Gasteiger partial charge in [0.15, 0.2) is 0 Å². The second-order valence-corrected chi connectivity index (χ2v) is 3.25. The Bertz CT molecular complexity index is 123. The molecule has 0 heterocycles. The molecule has 0 amide bonds. The molecule has 0 aromatic heterocycles. The van der Waals surface area contributed by atoms with Crippen molar-refractivity contribution in [3.8, 4) is 0 Å². The first-order chi connectivity index (χ1) is 6.31. The van der Waals surface area contributed by atoms with E-state index in [0.29, 0.717) is 0 Å². The Labute approximate surface area is 82.4 Å². The first-order valence-corrected chi connectivity index (χ1v) is 5.26. The van der Waals surface area contributed by atoms with Crippen LogP contribution in [0, 0.1) is 0 Å². The summed E-state index contributed by atoms with van der Waals surface area (Å²) in [6, 6.07) is 0. The number of nitrogens with one attached hydrogen (secondary N) is 1. The number of hydrogen-bond acceptors (Lipinski definition) is 2. The van der Waals surface area contributed by atoms with Gasteiger partial charge in [0.1, 0.15) is 0 Å². The summed E-state index contributed by atoms with van der Waals surface area (Å²) < 4.78 is 5.40. The molecule has 0 saturated carbocycles. The monoisotopic (exact) mass is 185 g/mol. The van der Waals surface area contributed by atoms with E-state index in [0.717, 1.165) is 32.7 Å². The van der Waals surface area contributed by atoms with Crippen molar-refractivity contribution in [2.24, 2.45) is 0 Å². The van der Waals surface area contributed by atoms with Crippen molar-refractivity contribution in [1.82, 2.24) is 5.32 Å². The van der Waals surface area contributed by atoms with Crippen LogP contribution in [0.1, 0.15) is 33.1 Å². The third-order valence-electron chi connectivity index (χ3n) is 1.94. The van der Waals surface area contributed by atoms with Crippen LogP contribution in [0.5, 0.6) is 0 Å². The molecule has 0 atom stereocenters. The lowest BCUT2D eigenvalue weighted by molar-refractivity contribution is 0.133. The second kappa shape index (κ2) is 9.75. The Morgan fingerprint density at radius 3 is 2.69 bits per heavy atom. The maximum absolute atomic E-state index is 5.40. The summed E-state index contributed by atoms with van der Waals surface area (Å²) in [6.07, 6.45) is 3.44. The van der Waals surface area contributed by atoms with Crippen molar-refractivity contribution in [2.45, 2.75) is 33.1 Å². The molecule has 2 nitrogen and oxygen atoms in total. The minimum atomic E-state index is 0.816. The standard InChI is InChI=1S/C11H23NO/c1-4-6-8-13-9-7-12-10-11(3)5-2/h12H,3-10H2,1-2H3. The lowest BCUT2D eigenvalue weighted by Crippen LogP contribution is -2.21. The first kappa shape index (κ1) is 12.7. The number of unbranched alkanes of at least 4 members (excludes halogenated alkanes) is 1. The van der Waals surface area contributed by atoms with E-state index in [4.69, 9.17) is 4.74 Å². The van der Waals surface area contributed by atoms with E-state index in [2.05, 4.69) is 25.7 Å². The van der Waals surface area contributed by atoms with Gasteiger partial charge in [-0.1, -0.05) is 32.4 Å². The zero-order valence-electron chi connectivity index (χ0n) is 9.07. The van der Waals surface area contributed by atoms with E-state index in [1.807, 2.05) is 0 Å². The van der Waals surface area contributed by atoms with Gasteiger partial charge in [-0.3, -0.25) is 0 Å². The third-order valence-corrected chi connectivity index (χ3v) is 1.94. The summed E-state index contributed by atoms with van der Waals surface area (Å²) in [5.41, 5.74) is 1.26. The maximum Gasteiger partial charge on any atom is 0.0591 e. The van der Waals surface area contributed by atoms with E-state index in [1.165, 1.54) is 18.4 Å². The van der Waals surface area contributed by atoms with Gasteiger partial charge in [0, 0.05) is 19.7 Å². The zero-order valence-corrected chi connectivity index (χ0v) is 9.07. The highest BCUT2D eigenvalue weighted by molar-refractivity contribution is 4.94. The highest BCUT2D eigenvalue weighted by Gasteiger charge is 1.90. The Hall–Kier alpha value is -0.340. The Kier molecular flexibility index (Phi) is 9.49. The third kappa shape index (κ3) is 9.57. The van der Waals surface area contributed by atoms with Crippen LogP contribution in [0.4, 0.5) is 0 Å². The van der Waals surface area contributed by atoms with Crippen molar-refractivity contribution < 1.29 is 4.74 Å². The zero-order chi connectivity index (χ0) is 9.94. The van der Waals surface area contributed by atoms with Crippen LogP contribution in [0.2, 0.25) is 0 Å². The largest absolute Gasteiger partial charge is 0.380 e. The van der Waals surface area contributed by atoms with Crippen molar-refractivity contribution in [3.63, 3.8) is 0 Å². The summed E-state index contributed by atoms with van der Waals surface area (Å²) in [5, 5.41) is 3.29. The predicted molar refractivity (Wildman–Crippen MR) is 58.0 cm³/mol. The average Bonchev–Trinajstić information content (AvgIpc) is 2.16. The lowest BCUT2D eigenvalue weighted by atomic mass is 10.2. The molecule has 0 bridgehead atoms. The molecule has 0 saturated heterocycles. The molecule has 1 N–H and O–H groups in total. The molecule has 0 unspecified atom stereocenters. The summed E-state index contributed by atoms with van der Waals surface area (Å²) in [7, 11) is 0. The van der Waals surface area contributed by atoms with E-state index in [1.54, 1.807) is 0 Å². The maximum atomic E-state index is 5.40. The van der Waals surface area contributed by atoms with Gasteiger partial charge in [-0.15, -0.1) is 0 Å². The minimum absolute atomic E-state index is 0.816. The fraction of sp³-hybridized carbons (Fsp3) is 0.818. The molecular formula is C11H23NO. The predicted octanol–water partition coefficient (Wildman–Crippen LogP) is 2.36. The molecule has 0 aliphatic heterocycles. The van der Waals surface area contributed by atoms with Crippen LogP contribution in [0.15, 0.2) is 12.2 Å². The highest BCUT2D eigenvalue weighted by Crippen LogP contribution is 1.92. The molecular weight excluding hydrogens is 162 g/mol. The molecule has 0 aromatic rings. The molecule has 0 aromatic carbocycles. The Morgan fingerprint density at radius 1 is 1.31 bits per heavy atom. The van der Waals surface area contributed by atoms with Crippen LogP contribution in [0.3, 0.4) is 0 Å². The number of rotatable bonds is 9. The van der Waals surface area contributed by atoms with Crippen LogP contribution >= 0.6 is 0 Å². The second-order valence-electron chi connectivity index (χ2n) is 3.25. The molecule has 0 aliphatic rings. The molecule has 0 aliphatic carbocycles. The van der Waals surface area contributed by atoms with Gasteiger partial charge >= 0.3 is 0 Å². The van der Waals surface area contributed by atoms with Crippen molar-refractivity contribution in [1.29, 1.82) is 0 Å². The van der Waals surface area contributed by atoms with Crippen LogP contribution in [-0.4, -0.2) is 26.3 Å². The summed E-state index contributed by atoms with van der Waals surface area (Å²) >= 11 is 0. The van der Waals surface area contributed by atoms with E-state index < -0.39 is 0 Å². The summed E-state index contributed by atoms with van der Waals surface area (Å²) in [5.74, 6) is 0. The van der Waals surface area contributed by atoms with E-state index in [9.17, 15) is 0 Å². The van der Waals surface area contributed by atoms with Gasteiger partial charge in [0.25, 0.3) is 0 Å². The van der Waals surface area contributed by atoms with Gasteiger partial charge in [0.05, 0.1) is 6.61 Å². The molecule has 0 spiro atoms. The smallest absolute Gasteiger partial charge is 0.0591 e. The molecule has 0 fully saturated rings. The van der Waals surface area contributed by atoms with Crippen molar-refractivity contribution >= 4 is 0 Å². The van der Waals surface area contributed by atoms with Gasteiger partial charge in [0.2, 0.25) is 0 Å². The lowest BCUT2D eigenvalue weighted by Gasteiger charge is -2.06. The van der Waals surface area contributed by atoms with Crippen LogP contribution < -0.4 is 5.32 Å². The molecule has 13 heavy (non-hydrogen) atoms. The van der Waals surface area contributed by atoms with Gasteiger partial charge < -0.3 is 10.1 Å². The minimum Gasteiger partial charge on any atom is -0.380 e. The first-order valence-electron chi connectivity index (χ1n) is 5.26. The van der Waals surface area contributed by atoms with Gasteiger partial charge in [-0.25, -0.2) is 0 Å². The Morgan fingerprint density at radius 2 is 2.08 bits per heavy atom. The topological polar surface area (TPSA) is 21.3 Å².